The van der Waals surface area contributed by atoms with Crippen LogP contribution in [0.5, 0.6) is 0 Å². The van der Waals surface area contributed by atoms with Gasteiger partial charge >= 0.3 is 0 Å². The molecule has 0 atom stereocenters. The van der Waals surface area contributed by atoms with Crippen molar-refractivity contribution < 1.29 is 8.78 Å². The number of aromatic nitrogens is 3. The molecule has 0 aliphatic heterocycles. The first-order valence-corrected chi connectivity index (χ1v) is 7.76. The van der Waals surface area contributed by atoms with Crippen LogP contribution in [0.3, 0.4) is 0 Å². The van der Waals surface area contributed by atoms with E-state index in [0.717, 1.165) is 23.3 Å². The molecular weight excluding hydrogens is 348 g/mol. The van der Waals surface area contributed by atoms with Crippen LogP contribution in [-0.2, 0) is 0 Å². The molecule has 0 unspecified atom stereocenters. The first-order chi connectivity index (χ1) is 11.9. The Bertz CT molecular complexity index is 910. The lowest BCUT2D eigenvalue weighted by Crippen LogP contribution is -2.04. The molecule has 0 spiro atoms. The minimum Gasteiger partial charge on any atom is -0.337 e. The van der Waals surface area contributed by atoms with Gasteiger partial charge in [-0.15, -0.1) is 5.10 Å². The van der Waals surface area contributed by atoms with Crippen molar-refractivity contribution in [2.24, 2.45) is 0 Å². The van der Waals surface area contributed by atoms with Crippen molar-refractivity contribution in [2.75, 3.05) is 10.6 Å². The van der Waals surface area contributed by atoms with E-state index < -0.39 is 11.6 Å². The van der Waals surface area contributed by atoms with Crippen LogP contribution in [0.2, 0.25) is 5.02 Å². The first kappa shape index (κ1) is 17.0. The number of rotatable bonds is 4. The molecule has 0 saturated heterocycles. The maximum Gasteiger partial charge on any atom is 0.249 e. The van der Waals surface area contributed by atoms with Crippen LogP contribution >= 0.6 is 11.6 Å². The minimum atomic E-state index is -0.964. The van der Waals surface area contributed by atoms with Crippen LogP contribution in [0.15, 0.2) is 36.5 Å². The van der Waals surface area contributed by atoms with Crippen molar-refractivity contribution in [3.8, 4) is 0 Å². The van der Waals surface area contributed by atoms with Crippen molar-refractivity contribution in [3.63, 3.8) is 0 Å². The molecule has 2 aromatic carbocycles. The van der Waals surface area contributed by atoms with Crippen LogP contribution in [0.1, 0.15) is 11.1 Å². The molecule has 128 valence electrons. The lowest BCUT2D eigenvalue weighted by atomic mass is 10.1. The summed E-state index contributed by atoms with van der Waals surface area (Å²) in [5.41, 5.74) is 3.03. The van der Waals surface area contributed by atoms with E-state index in [2.05, 4.69) is 25.8 Å². The van der Waals surface area contributed by atoms with Crippen LogP contribution in [-0.4, -0.2) is 15.2 Å². The van der Waals surface area contributed by atoms with Gasteiger partial charge in [-0.3, -0.25) is 0 Å². The van der Waals surface area contributed by atoms with E-state index in [9.17, 15) is 8.78 Å². The summed E-state index contributed by atoms with van der Waals surface area (Å²) < 4.78 is 26.3. The molecule has 0 fully saturated rings. The number of hydrogen-bond acceptors (Lipinski definition) is 5. The quantitative estimate of drug-likeness (QED) is 0.691. The predicted molar refractivity (Wildman–Crippen MR) is 93.7 cm³/mol. The van der Waals surface area contributed by atoms with Crippen molar-refractivity contribution in [2.45, 2.75) is 13.8 Å². The normalized spacial score (nSPS) is 10.6. The van der Waals surface area contributed by atoms with Gasteiger partial charge in [0.2, 0.25) is 5.95 Å². The summed E-state index contributed by atoms with van der Waals surface area (Å²) in [7, 11) is 0. The summed E-state index contributed by atoms with van der Waals surface area (Å²) in [5.74, 6) is -1.34. The van der Waals surface area contributed by atoms with Gasteiger partial charge in [0.25, 0.3) is 0 Å². The number of nitrogens with one attached hydrogen (secondary N) is 2. The fourth-order valence-corrected chi connectivity index (χ4v) is 2.69. The first-order valence-electron chi connectivity index (χ1n) is 7.38. The average molecular weight is 362 g/mol. The molecule has 0 bridgehead atoms. The molecule has 1 heterocycles. The summed E-state index contributed by atoms with van der Waals surface area (Å²) in [4.78, 5) is 4.25. The Balaban J connectivity index is 1.83. The molecule has 0 aliphatic carbocycles. The van der Waals surface area contributed by atoms with Gasteiger partial charge in [-0.25, -0.2) is 8.78 Å². The van der Waals surface area contributed by atoms with Crippen LogP contribution in [0.4, 0.5) is 31.9 Å². The zero-order valence-electron chi connectivity index (χ0n) is 13.4. The molecule has 2 N–H and O–H groups in total. The largest absolute Gasteiger partial charge is 0.337 e. The van der Waals surface area contributed by atoms with Gasteiger partial charge in [-0.2, -0.15) is 10.1 Å². The van der Waals surface area contributed by atoms with Crippen LogP contribution < -0.4 is 10.6 Å². The number of anilines is 4. The Hall–Kier alpha value is -2.80. The second kappa shape index (κ2) is 6.98. The summed E-state index contributed by atoms with van der Waals surface area (Å²) in [6, 6.07) is 7.24. The van der Waals surface area contributed by atoms with Gasteiger partial charge in [0.05, 0.1) is 16.9 Å². The SMILES string of the molecule is Cc1cc(C)c(Nc2cnnc(Nc3ccc(F)c(F)c3)n2)c(Cl)c1. The van der Waals surface area contributed by atoms with Crippen molar-refractivity contribution in [1.82, 2.24) is 15.2 Å². The maximum atomic E-state index is 13.3. The molecule has 25 heavy (non-hydrogen) atoms. The summed E-state index contributed by atoms with van der Waals surface area (Å²) >= 11 is 6.27. The van der Waals surface area contributed by atoms with E-state index in [1.807, 2.05) is 26.0 Å². The molecule has 8 heteroatoms. The van der Waals surface area contributed by atoms with E-state index in [4.69, 9.17) is 11.6 Å². The van der Waals surface area contributed by atoms with Crippen molar-refractivity contribution in [1.29, 1.82) is 0 Å². The molecule has 5 nitrogen and oxygen atoms in total. The molecule has 0 saturated carbocycles. The number of halogens is 3. The Labute approximate surface area is 148 Å². The third-order valence-corrected chi connectivity index (χ3v) is 3.72. The molecule has 3 aromatic rings. The van der Waals surface area contributed by atoms with Crippen LogP contribution in [0, 0.1) is 25.5 Å². The highest BCUT2D eigenvalue weighted by atomic mass is 35.5. The minimum absolute atomic E-state index is 0.136. The molecule has 0 aliphatic rings. The Kier molecular flexibility index (Phi) is 4.76. The van der Waals surface area contributed by atoms with Gasteiger partial charge in [0, 0.05) is 11.8 Å². The Morgan fingerprint density at radius 2 is 1.80 bits per heavy atom. The number of hydrogen-bond donors (Lipinski definition) is 2. The number of nitrogens with zero attached hydrogens (tertiary/aromatic N) is 3. The highest BCUT2D eigenvalue weighted by Crippen LogP contribution is 2.29. The molecule has 0 amide bonds. The lowest BCUT2D eigenvalue weighted by Gasteiger charge is -2.12. The fourth-order valence-electron chi connectivity index (χ4n) is 2.32. The standard InChI is InChI=1S/C17H14ClF2N5/c1-9-5-10(2)16(12(18)6-9)23-15-8-21-25-17(24-15)22-11-3-4-13(19)14(20)7-11/h3-8H,1-2H3,(H2,22,23,24,25). The molecular formula is C17H14ClF2N5. The molecule has 0 radical (unpaired) electrons. The molecule has 1 aromatic heterocycles. The van der Waals surface area contributed by atoms with Crippen molar-refractivity contribution >= 4 is 34.7 Å². The van der Waals surface area contributed by atoms with Gasteiger partial charge in [-0.1, -0.05) is 17.7 Å². The van der Waals surface area contributed by atoms with Gasteiger partial charge < -0.3 is 10.6 Å². The second-order valence-electron chi connectivity index (χ2n) is 5.48. The smallest absolute Gasteiger partial charge is 0.249 e. The Morgan fingerprint density at radius 1 is 1.00 bits per heavy atom. The fraction of sp³-hybridized carbons (Fsp3) is 0.118. The van der Waals surface area contributed by atoms with Gasteiger partial charge in [-0.05, 0) is 43.2 Å². The summed E-state index contributed by atoms with van der Waals surface area (Å²) in [6.45, 7) is 3.88. The number of aryl methyl sites for hydroxylation is 2. The topological polar surface area (TPSA) is 62.7 Å². The Morgan fingerprint density at radius 3 is 2.52 bits per heavy atom. The zero-order chi connectivity index (χ0) is 18.0. The highest BCUT2D eigenvalue weighted by molar-refractivity contribution is 6.33. The monoisotopic (exact) mass is 361 g/mol. The average Bonchev–Trinajstić information content (AvgIpc) is 2.55. The number of benzene rings is 2. The van der Waals surface area contributed by atoms with Gasteiger partial charge in [0.15, 0.2) is 17.5 Å². The second-order valence-corrected chi connectivity index (χ2v) is 5.89. The third kappa shape index (κ3) is 4.00. The van der Waals surface area contributed by atoms with Gasteiger partial charge in [0.1, 0.15) is 0 Å². The van der Waals surface area contributed by atoms with E-state index in [1.54, 1.807) is 0 Å². The maximum absolute atomic E-state index is 13.3. The van der Waals surface area contributed by atoms with E-state index in [1.165, 1.54) is 12.3 Å². The third-order valence-electron chi connectivity index (χ3n) is 3.42. The zero-order valence-corrected chi connectivity index (χ0v) is 14.2. The predicted octanol–water partition coefficient (Wildman–Crippen LogP) is 4.91. The summed E-state index contributed by atoms with van der Waals surface area (Å²) in [6.07, 6.45) is 1.44. The molecule has 3 rings (SSSR count). The van der Waals surface area contributed by atoms with Crippen LogP contribution in [0.25, 0.3) is 0 Å². The van der Waals surface area contributed by atoms with Crippen molar-refractivity contribution in [3.05, 3.63) is 64.3 Å². The summed E-state index contributed by atoms with van der Waals surface area (Å²) in [5, 5.41) is 14.1. The lowest BCUT2D eigenvalue weighted by molar-refractivity contribution is 0.509. The van der Waals surface area contributed by atoms with E-state index in [0.29, 0.717) is 22.2 Å². The highest BCUT2D eigenvalue weighted by Gasteiger charge is 2.09. The van der Waals surface area contributed by atoms with E-state index in [-0.39, 0.29) is 5.95 Å². The van der Waals surface area contributed by atoms with E-state index >= 15 is 0 Å².